The molecule has 1 atom stereocenters. The number of thioether (sulfide) groups is 1. The molecule has 0 spiro atoms. The van der Waals surface area contributed by atoms with Crippen LogP contribution in [0.2, 0.25) is 0 Å². The molecule has 1 saturated carbocycles. The maximum Gasteiger partial charge on any atom is 0.327 e. The summed E-state index contributed by atoms with van der Waals surface area (Å²) in [6.45, 7) is 5.91. The summed E-state index contributed by atoms with van der Waals surface area (Å²) in [5.41, 5.74) is 6.21. The quantitative estimate of drug-likeness (QED) is 0.636. The van der Waals surface area contributed by atoms with Crippen LogP contribution in [0.25, 0.3) is 0 Å². The Morgan fingerprint density at radius 3 is 2.74 bits per heavy atom. The minimum Gasteiger partial charge on any atom is -0.465 e. The molecule has 0 saturated heterocycles. The van der Waals surface area contributed by atoms with Gasteiger partial charge in [0, 0.05) is 5.75 Å². The molecule has 6 heteroatoms. The maximum atomic E-state index is 12.0. The standard InChI is InChI=1S/C13H20N2O3S/c1-4-17-11(16)13(14,10-5-6-10)7-19-12-15-8(2)9(3)18-12/h10H,4-7,14H2,1-3H3. The zero-order valence-corrected chi connectivity index (χ0v) is 12.4. The monoisotopic (exact) mass is 284 g/mol. The SMILES string of the molecule is CCOC(=O)C(N)(CSc1nc(C)c(C)o1)C1CC1. The lowest BCUT2D eigenvalue weighted by Crippen LogP contribution is -2.53. The number of esters is 1. The van der Waals surface area contributed by atoms with Crippen LogP contribution in [0.5, 0.6) is 0 Å². The van der Waals surface area contributed by atoms with Gasteiger partial charge in [-0.2, -0.15) is 0 Å². The molecule has 0 aromatic carbocycles. The van der Waals surface area contributed by atoms with Gasteiger partial charge in [0.2, 0.25) is 0 Å². The number of aromatic nitrogens is 1. The van der Waals surface area contributed by atoms with E-state index in [-0.39, 0.29) is 11.9 Å². The van der Waals surface area contributed by atoms with Crippen LogP contribution in [-0.2, 0) is 9.53 Å². The average Bonchev–Trinajstić information content (AvgIpc) is 3.15. The molecular weight excluding hydrogens is 264 g/mol. The highest BCUT2D eigenvalue weighted by Crippen LogP contribution is 2.41. The van der Waals surface area contributed by atoms with E-state index >= 15 is 0 Å². The van der Waals surface area contributed by atoms with Crippen molar-refractivity contribution in [3.63, 3.8) is 0 Å². The number of rotatable bonds is 6. The third-order valence-electron chi connectivity index (χ3n) is 3.40. The van der Waals surface area contributed by atoms with E-state index in [1.54, 1.807) is 6.92 Å². The first-order valence-electron chi connectivity index (χ1n) is 6.50. The van der Waals surface area contributed by atoms with Gasteiger partial charge < -0.3 is 14.9 Å². The largest absolute Gasteiger partial charge is 0.465 e. The van der Waals surface area contributed by atoms with E-state index in [1.165, 1.54) is 11.8 Å². The fourth-order valence-corrected chi connectivity index (χ4v) is 2.99. The molecule has 1 heterocycles. The van der Waals surface area contributed by atoms with Crippen LogP contribution >= 0.6 is 11.8 Å². The zero-order chi connectivity index (χ0) is 14.0. The van der Waals surface area contributed by atoms with Gasteiger partial charge in [0.05, 0.1) is 12.3 Å². The van der Waals surface area contributed by atoms with Gasteiger partial charge in [-0.3, -0.25) is 4.79 Å². The highest BCUT2D eigenvalue weighted by atomic mass is 32.2. The molecule has 1 unspecified atom stereocenters. The van der Waals surface area contributed by atoms with Crippen molar-refractivity contribution in [3.8, 4) is 0 Å². The first-order chi connectivity index (χ1) is 8.97. The second-order valence-electron chi connectivity index (χ2n) is 4.95. The van der Waals surface area contributed by atoms with E-state index in [4.69, 9.17) is 14.9 Å². The molecule has 1 aromatic heterocycles. The number of oxazole rings is 1. The molecule has 0 bridgehead atoms. The number of aryl methyl sites for hydroxylation is 2. The first-order valence-corrected chi connectivity index (χ1v) is 7.49. The van der Waals surface area contributed by atoms with E-state index in [0.717, 1.165) is 24.3 Å². The summed E-state index contributed by atoms with van der Waals surface area (Å²) in [5, 5.41) is 0.565. The van der Waals surface area contributed by atoms with Crippen molar-refractivity contribution in [1.29, 1.82) is 0 Å². The number of ether oxygens (including phenoxy) is 1. The lowest BCUT2D eigenvalue weighted by molar-refractivity contribution is -0.149. The summed E-state index contributed by atoms with van der Waals surface area (Å²) < 4.78 is 10.6. The lowest BCUT2D eigenvalue weighted by Gasteiger charge is -2.25. The van der Waals surface area contributed by atoms with Crippen LogP contribution in [0.15, 0.2) is 9.64 Å². The first kappa shape index (κ1) is 14.4. The van der Waals surface area contributed by atoms with Gasteiger partial charge in [-0.25, -0.2) is 4.98 Å². The normalized spacial score (nSPS) is 18.1. The van der Waals surface area contributed by atoms with E-state index < -0.39 is 5.54 Å². The summed E-state index contributed by atoms with van der Waals surface area (Å²) in [7, 11) is 0. The van der Waals surface area contributed by atoms with Crippen molar-refractivity contribution in [3.05, 3.63) is 11.5 Å². The highest BCUT2D eigenvalue weighted by molar-refractivity contribution is 7.99. The summed E-state index contributed by atoms with van der Waals surface area (Å²) in [5.74, 6) is 1.14. The molecule has 0 radical (unpaired) electrons. The van der Waals surface area contributed by atoms with Gasteiger partial charge in [0.1, 0.15) is 11.3 Å². The third kappa shape index (κ3) is 3.12. The minimum atomic E-state index is -0.920. The lowest BCUT2D eigenvalue weighted by atomic mass is 9.97. The molecular formula is C13H20N2O3S. The Morgan fingerprint density at radius 1 is 1.58 bits per heavy atom. The van der Waals surface area contributed by atoms with Crippen LogP contribution in [0.1, 0.15) is 31.2 Å². The van der Waals surface area contributed by atoms with Crippen LogP contribution in [0.3, 0.4) is 0 Å². The predicted octanol–water partition coefficient (Wildman–Crippen LogP) is 2.05. The molecule has 1 aromatic rings. The third-order valence-corrected chi connectivity index (χ3v) is 4.45. The molecule has 2 rings (SSSR count). The van der Waals surface area contributed by atoms with Crippen molar-refractivity contribution in [2.75, 3.05) is 12.4 Å². The number of carbonyl (C=O) groups excluding carboxylic acids is 1. The van der Waals surface area contributed by atoms with Gasteiger partial charge in [0.25, 0.3) is 5.22 Å². The highest BCUT2D eigenvalue weighted by Gasteiger charge is 2.49. The Kier molecular flexibility index (Phi) is 4.20. The molecule has 1 aliphatic rings. The zero-order valence-electron chi connectivity index (χ0n) is 11.6. The molecule has 1 fully saturated rings. The molecule has 19 heavy (non-hydrogen) atoms. The number of nitrogens with zero attached hydrogens (tertiary/aromatic N) is 1. The molecule has 0 aliphatic heterocycles. The topological polar surface area (TPSA) is 78.4 Å². The van der Waals surface area contributed by atoms with Gasteiger partial charge in [-0.1, -0.05) is 11.8 Å². The van der Waals surface area contributed by atoms with Gasteiger partial charge in [-0.05, 0) is 39.5 Å². The Balaban J connectivity index is 2.02. The Morgan fingerprint density at radius 2 is 2.26 bits per heavy atom. The Hall–Kier alpha value is -1.01. The Labute approximate surface area is 117 Å². The summed E-state index contributed by atoms with van der Waals surface area (Å²) >= 11 is 1.38. The summed E-state index contributed by atoms with van der Waals surface area (Å²) in [6.07, 6.45) is 1.97. The second-order valence-corrected chi connectivity index (χ2v) is 5.87. The van der Waals surface area contributed by atoms with Gasteiger partial charge >= 0.3 is 5.97 Å². The van der Waals surface area contributed by atoms with E-state index in [0.29, 0.717) is 17.6 Å². The predicted molar refractivity (Wildman–Crippen MR) is 73.0 cm³/mol. The van der Waals surface area contributed by atoms with Crippen molar-refractivity contribution >= 4 is 17.7 Å². The number of hydrogen-bond donors (Lipinski definition) is 1. The fraction of sp³-hybridized carbons (Fsp3) is 0.692. The Bertz CT molecular complexity index is 451. The molecule has 5 nitrogen and oxygen atoms in total. The molecule has 0 amide bonds. The van der Waals surface area contributed by atoms with Crippen molar-refractivity contribution in [1.82, 2.24) is 4.98 Å². The minimum absolute atomic E-state index is 0.219. The number of carbonyl (C=O) groups is 1. The van der Waals surface area contributed by atoms with Crippen molar-refractivity contribution in [2.24, 2.45) is 11.7 Å². The number of hydrogen-bond acceptors (Lipinski definition) is 6. The summed E-state index contributed by atoms with van der Waals surface area (Å²) in [6, 6.07) is 0. The number of nitrogens with two attached hydrogens (primary N) is 1. The van der Waals surface area contributed by atoms with Gasteiger partial charge in [-0.15, -0.1) is 0 Å². The van der Waals surface area contributed by atoms with Gasteiger partial charge in [0.15, 0.2) is 0 Å². The van der Waals surface area contributed by atoms with E-state index in [2.05, 4.69) is 4.98 Å². The van der Waals surface area contributed by atoms with E-state index in [9.17, 15) is 4.79 Å². The fourth-order valence-electron chi connectivity index (χ4n) is 1.89. The molecule has 1 aliphatic carbocycles. The second kappa shape index (κ2) is 5.54. The average molecular weight is 284 g/mol. The van der Waals surface area contributed by atoms with Crippen LogP contribution in [0, 0.1) is 19.8 Å². The summed E-state index contributed by atoms with van der Waals surface area (Å²) in [4.78, 5) is 16.3. The molecule has 106 valence electrons. The van der Waals surface area contributed by atoms with E-state index in [1.807, 2.05) is 13.8 Å². The van der Waals surface area contributed by atoms with Crippen LogP contribution < -0.4 is 5.73 Å². The molecule has 2 N–H and O–H groups in total. The van der Waals surface area contributed by atoms with Crippen LogP contribution in [0.4, 0.5) is 0 Å². The van der Waals surface area contributed by atoms with Crippen LogP contribution in [-0.4, -0.2) is 28.9 Å². The van der Waals surface area contributed by atoms with Crippen molar-refractivity contribution < 1.29 is 13.9 Å². The van der Waals surface area contributed by atoms with Crippen molar-refractivity contribution in [2.45, 2.75) is 44.4 Å². The maximum absolute atomic E-state index is 12.0. The smallest absolute Gasteiger partial charge is 0.327 e.